The normalized spacial score (nSPS) is 10.2. The number of carbonyl (C=O) groups is 1. The van der Waals surface area contributed by atoms with Crippen LogP contribution in [0.5, 0.6) is 0 Å². The molecular formula is C16H20N2O. The zero-order valence-electron chi connectivity index (χ0n) is 11.3. The molecule has 2 N–H and O–H groups in total. The van der Waals surface area contributed by atoms with Gasteiger partial charge in [0.15, 0.2) is 0 Å². The first kappa shape index (κ1) is 14.8. The molecule has 0 spiro atoms. The van der Waals surface area contributed by atoms with Crippen molar-refractivity contribution in [1.29, 1.82) is 0 Å². The van der Waals surface area contributed by atoms with Crippen molar-refractivity contribution in [3.63, 3.8) is 0 Å². The lowest BCUT2D eigenvalue weighted by atomic mass is 10.1. The van der Waals surface area contributed by atoms with Gasteiger partial charge in [-0.15, -0.1) is 0 Å². The maximum atomic E-state index is 11.5. The Morgan fingerprint density at radius 1 is 1.21 bits per heavy atom. The van der Waals surface area contributed by atoms with Gasteiger partial charge >= 0.3 is 6.03 Å². The molecular weight excluding hydrogens is 236 g/mol. The SMILES string of the molecule is C=C(C)/C=C\C(=C)NC(=O)NCCc1ccccc1. The molecule has 0 saturated heterocycles. The van der Waals surface area contributed by atoms with Crippen LogP contribution in [0, 0.1) is 0 Å². The van der Waals surface area contributed by atoms with Gasteiger partial charge in [-0.1, -0.05) is 55.1 Å². The third-order valence-electron chi connectivity index (χ3n) is 2.39. The molecule has 1 aromatic rings. The molecule has 0 aliphatic heterocycles. The Kier molecular flexibility index (Phi) is 6.16. The van der Waals surface area contributed by atoms with E-state index in [9.17, 15) is 4.79 Å². The highest BCUT2D eigenvalue weighted by atomic mass is 16.2. The number of allylic oxidation sites excluding steroid dienone is 3. The first-order chi connectivity index (χ1) is 9.08. The van der Waals surface area contributed by atoms with Gasteiger partial charge in [0, 0.05) is 12.2 Å². The van der Waals surface area contributed by atoms with Crippen molar-refractivity contribution in [3.8, 4) is 0 Å². The van der Waals surface area contributed by atoms with E-state index in [1.807, 2.05) is 37.3 Å². The fourth-order valence-corrected chi connectivity index (χ4v) is 1.44. The van der Waals surface area contributed by atoms with Crippen LogP contribution in [-0.4, -0.2) is 12.6 Å². The smallest absolute Gasteiger partial charge is 0.319 e. The minimum Gasteiger partial charge on any atom is -0.338 e. The van der Waals surface area contributed by atoms with Crippen LogP contribution >= 0.6 is 0 Å². The summed E-state index contributed by atoms with van der Waals surface area (Å²) in [6.07, 6.45) is 4.33. The van der Waals surface area contributed by atoms with Gasteiger partial charge in [-0.2, -0.15) is 0 Å². The standard InChI is InChI=1S/C16H20N2O/c1-13(2)9-10-14(3)18-16(19)17-12-11-15-7-5-4-6-8-15/h4-10H,1,3,11-12H2,2H3,(H2,17,18,19)/b10-9-. The average Bonchev–Trinajstić information content (AvgIpc) is 2.37. The number of carbonyl (C=O) groups excluding carboxylic acids is 1. The van der Waals surface area contributed by atoms with Crippen LogP contribution in [0.25, 0.3) is 0 Å². The first-order valence-corrected chi connectivity index (χ1v) is 6.19. The van der Waals surface area contributed by atoms with Crippen LogP contribution in [0.4, 0.5) is 4.79 Å². The van der Waals surface area contributed by atoms with Gasteiger partial charge in [-0.25, -0.2) is 4.79 Å². The summed E-state index contributed by atoms with van der Waals surface area (Å²) < 4.78 is 0. The van der Waals surface area contributed by atoms with E-state index in [1.54, 1.807) is 12.2 Å². The van der Waals surface area contributed by atoms with Crippen molar-refractivity contribution in [3.05, 3.63) is 72.5 Å². The van der Waals surface area contributed by atoms with Crippen LogP contribution in [0.1, 0.15) is 12.5 Å². The number of nitrogens with one attached hydrogen (secondary N) is 2. The Labute approximate surface area is 114 Å². The van der Waals surface area contributed by atoms with E-state index >= 15 is 0 Å². The van der Waals surface area contributed by atoms with Gasteiger partial charge in [0.2, 0.25) is 0 Å². The molecule has 0 aliphatic rings. The van der Waals surface area contributed by atoms with Crippen LogP contribution in [0.3, 0.4) is 0 Å². The van der Waals surface area contributed by atoms with Gasteiger partial charge in [0.1, 0.15) is 0 Å². The summed E-state index contributed by atoms with van der Waals surface area (Å²) in [4.78, 5) is 11.5. The van der Waals surface area contributed by atoms with Crippen molar-refractivity contribution >= 4 is 6.03 Å². The molecule has 2 amide bonds. The summed E-state index contributed by atoms with van der Waals surface area (Å²) in [5.74, 6) is 0. The second-order valence-corrected chi connectivity index (χ2v) is 4.32. The number of urea groups is 1. The zero-order valence-corrected chi connectivity index (χ0v) is 11.3. The molecule has 0 atom stereocenters. The molecule has 1 rings (SSSR count). The molecule has 0 aliphatic carbocycles. The quantitative estimate of drug-likeness (QED) is 0.754. The highest BCUT2D eigenvalue weighted by Gasteiger charge is 1.99. The lowest BCUT2D eigenvalue weighted by Crippen LogP contribution is -2.35. The van der Waals surface area contributed by atoms with Gasteiger partial charge in [0.25, 0.3) is 0 Å². The summed E-state index contributed by atoms with van der Waals surface area (Å²) >= 11 is 0. The molecule has 3 heteroatoms. The predicted molar refractivity (Wildman–Crippen MR) is 79.8 cm³/mol. The second kappa shape index (κ2) is 7.93. The summed E-state index contributed by atoms with van der Waals surface area (Å²) in [6, 6.07) is 9.77. The van der Waals surface area contributed by atoms with E-state index in [1.165, 1.54) is 5.56 Å². The molecule has 19 heavy (non-hydrogen) atoms. The van der Waals surface area contributed by atoms with E-state index in [0.717, 1.165) is 12.0 Å². The van der Waals surface area contributed by atoms with Crippen molar-refractivity contribution in [2.75, 3.05) is 6.54 Å². The number of amides is 2. The molecule has 1 aromatic carbocycles. The molecule has 3 nitrogen and oxygen atoms in total. The van der Waals surface area contributed by atoms with Crippen LogP contribution < -0.4 is 10.6 Å². The van der Waals surface area contributed by atoms with Gasteiger partial charge in [0.05, 0.1) is 0 Å². The maximum Gasteiger partial charge on any atom is 0.319 e. The summed E-state index contributed by atoms with van der Waals surface area (Å²) in [7, 11) is 0. The number of rotatable bonds is 6. The number of hydrogen-bond donors (Lipinski definition) is 2. The van der Waals surface area contributed by atoms with E-state index in [-0.39, 0.29) is 6.03 Å². The topological polar surface area (TPSA) is 41.1 Å². The molecule has 0 aromatic heterocycles. The summed E-state index contributed by atoms with van der Waals surface area (Å²) in [6.45, 7) is 9.94. The van der Waals surface area contributed by atoms with E-state index in [4.69, 9.17) is 0 Å². The Morgan fingerprint density at radius 2 is 1.89 bits per heavy atom. The lowest BCUT2D eigenvalue weighted by molar-refractivity contribution is 0.243. The molecule has 0 bridgehead atoms. The minimum absolute atomic E-state index is 0.243. The fraction of sp³-hybridized carbons (Fsp3) is 0.188. The van der Waals surface area contributed by atoms with Gasteiger partial charge in [-0.05, 0) is 25.0 Å². The van der Waals surface area contributed by atoms with Crippen LogP contribution in [0.15, 0.2) is 66.9 Å². The van der Waals surface area contributed by atoms with Gasteiger partial charge in [-0.3, -0.25) is 0 Å². The minimum atomic E-state index is -0.243. The van der Waals surface area contributed by atoms with E-state index in [0.29, 0.717) is 12.2 Å². The highest BCUT2D eigenvalue weighted by Crippen LogP contribution is 1.98. The Balaban J connectivity index is 2.25. The van der Waals surface area contributed by atoms with Crippen molar-refractivity contribution in [1.82, 2.24) is 10.6 Å². The monoisotopic (exact) mass is 256 g/mol. The Morgan fingerprint density at radius 3 is 2.53 bits per heavy atom. The molecule has 0 heterocycles. The second-order valence-electron chi connectivity index (χ2n) is 4.32. The molecule has 0 fully saturated rings. The highest BCUT2D eigenvalue weighted by molar-refractivity contribution is 5.76. The molecule has 100 valence electrons. The Hall–Kier alpha value is -2.29. The van der Waals surface area contributed by atoms with E-state index < -0.39 is 0 Å². The average molecular weight is 256 g/mol. The Bertz CT molecular complexity index is 475. The van der Waals surface area contributed by atoms with Crippen molar-refractivity contribution in [2.45, 2.75) is 13.3 Å². The third kappa shape index (κ3) is 6.88. The number of benzene rings is 1. The largest absolute Gasteiger partial charge is 0.338 e. The number of hydrogen-bond acceptors (Lipinski definition) is 1. The van der Waals surface area contributed by atoms with Crippen molar-refractivity contribution < 1.29 is 4.79 Å². The first-order valence-electron chi connectivity index (χ1n) is 6.19. The molecule has 0 radical (unpaired) electrons. The van der Waals surface area contributed by atoms with E-state index in [2.05, 4.69) is 23.8 Å². The zero-order chi connectivity index (χ0) is 14.1. The van der Waals surface area contributed by atoms with Crippen molar-refractivity contribution in [2.24, 2.45) is 0 Å². The van der Waals surface area contributed by atoms with Crippen LogP contribution in [0.2, 0.25) is 0 Å². The fourth-order valence-electron chi connectivity index (χ4n) is 1.44. The molecule has 0 saturated carbocycles. The maximum absolute atomic E-state index is 11.5. The van der Waals surface area contributed by atoms with Gasteiger partial charge < -0.3 is 10.6 Å². The molecule has 0 unspecified atom stereocenters. The predicted octanol–water partition coefficient (Wildman–Crippen LogP) is 3.17. The summed E-state index contributed by atoms with van der Waals surface area (Å²) in [5.41, 5.74) is 2.65. The summed E-state index contributed by atoms with van der Waals surface area (Å²) in [5, 5.41) is 5.43. The third-order valence-corrected chi connectivity index (χ3v) is 2.39. The lowest BCUT2D eigenvalue weighted by Gasteiger charge is -2.07. The van der Waals surface area contributed by atoms with Crippen LogP contribution in [-0.2, 0) is 6.42 Å².